The normalized spacial score (nSPS) is 31.9. The standard InChI is InChI=1S/C7H16N2.2ClH/c1-6-5-9(2)4-3-7(6)8;;/h6-7H,3-5,8H2,1-2H3;2*1H. The molecule has 0 aromatic carbocycles. The van der Waals surface area contributed by atoms with Crippen molar-refractivity contribution in [3.8, 4) is 0 Å². The van der Waals surface area contributed by atoms with E-state index in [0.717, 1.165) is 6.42 Å². The Morgan fingerprint density at radius 1 is 1.36 bits per heavy atom. The molecule has 1 rings (SSSR count). The van der Waals surface area contributed by atoms with Crippen molar-refractivity contribution in [1.29, 1.82) is 0 Å². The first-order valence-corrected chi connectivity index (χ1v) is 3.64. The molecule has 0 aliphatic carbocycles. The van der Waals surface area contributed by atoms with Crippen molar-refractivity contribution in [2.45, 2.75) is 19.4 Å². The van der Waals surface area contributed by atoms with Gasteiger partial charge in [0.2, 0.25) is 0 Å². The summed E-state index contributed by atoms with van der Waals surface area (Å²) < 4.78 is 0. The van der Waals surface area contributed by atoms with E-state index in [0.29, 0.717) is 12.0 Å². The van der Waals surface area contributed by atoms with Crippen LogP contribution >= 0.6 is 24.8 Å². The molecule has 70 valence electrons. The fourth-order valence-corrected chi connectivity index (χ4v) is 1.37. The van der Waals surface area contributed by atoms with E-state index in [1.54, 1.807) is 0 Å². The summed E-state index contributed by atoms with van der Waals surface area (Å²) in [6.45, 7) is 4.56. The summed E-state index contributed by atoms with van der Waals surface area (Å²) in [7, 11) is 2.16. The van der Waals surface area contributed by atoms with Gasteiger partial charge in [-0.3, -0.25) is 0 Å². The summed E-state index contributed by atoms with van der Waals surface area (Å²) in [5.41, 5.74) is 5.81. The van der Waals surface area contributed by atoms with E-state index in [1.807, 2.05) is 0 Å². The number of hydrogen-bond acceptors (Lipinski definition) is 2. The van der Waals surface area contributed by atoms with Gasteiger partial charge >= 0.3 is 0 Å². The molecule has 11 heavy (non-hydrogen) atoms. The zero-order valence-electron chi connectivity index (χ0n) is 7.12. The molecule has 1 heterocycles. The van der Waals surface area contributed by atoms with Gasteiger partial charge in [-0.15, -0.1) is 24.8 Å². The van der Waals surface area contributed by atoms with Gasteiger partial charge in [0.1, 0.15) is 0 Å². The first kappa shape index (κ1) is 14.0. The Hall–Kier alpha value is 0.500. The van der Waals surface area contributed by atoms with Crippen LogP contribution in [-0.4, -0.2) is 31.1 Å². The largest absolute Gasteiger partial charge is 0.327 e. The Bertz CT molecular complexity index is 100. The monoisotopic (exact) mass is 200 g/mol. The van der Waals surface area contributed by atoms with Crippen LogP contribution in [0, 0.1) is 5.92 Å². The lowest BCUT2D eigenvalue weighted by molar-refractivity contribution is 0.197. The Morgan fingerprint density at radius 3 is 2.27 bits per heavy atom. The number of nitrogens with two attached hydrogens (primary N) is 1. The molecular formula is C7H18Cl2N2. The fraction of sp³-hybridized carbons (Fsp3) is 1.00. The van der Waals surface area contributed by atoms with Crippen LogP contribution in [0.5, 0.6) is 0 Å². The topological polar surface area (TPSA) is 29.3 Å². The zero-order chi connectivity index (χ0) is 6.85. The minimum atomic E-state index is 0. The van der Waals surface area contributed by atoms with Crippen LogP contribution in [-0.2, 0) is 0 Å². The average Bonchev–Trinajstić information content (AvgIpc) is 1.80. The number of hydrogen-bond donors (Lipinski definition) is 1. The van der Waals surface area contributed by atoms with Gasteiger partial charge in [-0.1, -0.05) is 6.92 Å². The van der Waals surface area contributed by atoms with Crippen LogP contribution in [0.25, 0.3) is 0 Å². The molecule has 0 spiro atoms. The minimum Gasteiger partial charge on any atom is -0.327 e. The predicted octanol–water partition coefficient (Wildman–Crippen LogP) is 1.13. The summed E-state index contributed by atoms with van der Waals surface area (Å²) in [5.74, 6) is 0.684. The molecule has 1 fully saturated rings. The Balaban J connectivity index is 0. The molecule has 0 saturated carbocycles. The Kier molecular flexibility index (Phi) is 7.75. The summed E-state index contributed by atoms with van der Waals surface area (Å²) in [4.78, 5) is 2.34. The first-order valence-electron chi connectivity index (χ1n) is 3.64. The predicted molar refractivity (Wildman–Crippen MR) is 53.7 cm³/mol. The number of nitrogens with zero attached hydrogens (tertiary/aromatic N) is 1. The highest BCUT2D eigenvalue weighted by Crippen LogP contribution is 2.12. The Morgan fingerprint density at radius 2 is 1.91 bits per heavy atom. The van der Waals surface area contributed by atoms with Gasteiger partial charge in [-0.2, -0.15) is 0 Å². The summed E-state index contributed by atoms with van der Waals surface area (Å²) in [5, 5.41) is 0. The highest BCUT2D eigenvalue weighted by Gasteiger charge is 2.19. The van der Waals surface area contributed by atoms with Crippen molar-refractivity contribution >= 4 is 24.8 Å². The summed E-state index contributed by atoms with van der Waals surface area (Å²) >= 11 is 0. The van der Waals surface area contributed by atoms with E-state index in [4.69, 9.17) is 5.73 Å². The molecule has 1 aliphatic rings. The lowest BCUT2D eigenvalue weighted by atomic mass is 9.95. The van der Waals surface area contributed by atoms with E-state index in [-0.39, 0.29) is 24.8 Å². The third-order valence-corrected chi connectivity index (χ3v) is 2.17. The lowest BCUT2D eigenvalue weighted by Crippen LogP contribution is -2.44. The van der Waals surface area contributed by atoms with Gasteiger partial charge in [0.05, 0.1) is 0 Å². The average molecular weight is 201 g/mol. The first-order chi connectivity index (χ1) is 4.20. The van der Waals surface area contributed by atoms with Gasteiger partial charge in [0.25, 0.3) is 0 Å². The smallest absolute Gasteiger partial charge is 0.00888 e. The molecule has 0 aromatic rings. The van der Waals surface area contributed by atoms with Crippen LogP contribution in [0.1, 0.15) is 13.3 Å². The maximum atomic E-state index is 5.81. The SMILES string of the molecule is CC1CN(C)CCC1N.Cl.Cl. The summed E-state index contributed by atoms with van der Waals surface area (Å²) in [6, 6.07) is 0.446. The third-order valence-electron chi connectivity index (χ3n) is 2.17. The van der Waals surface area contributed by atoms with Crippen LogP contribution in [0.3, 0.4) is 0 Å². The Labute approximate surface area is 81.3 Å². The van der Waals surface area contributed by atoms with Crippen molar-refractivity contribution in [2.24, 2.45) is 11.7 Å². The molecule has 4 heteroatoms. The van der Waals surface area contributed by atoms with E-state index < -0.39 is 0 Å². The van der Waals surface area contributed by atoms with Gasteiger partial charge < -0.3 is 10.6 Å². The minimum absolute atomic E-state index is 0. The maximum Gasteiger partial charge on any atom is 0.00888 e. The number of likely N-dealkylation sites (tertiary alicyclic amines) is 1. The maximum absolute atomic E-state index is 5.81. The van der Waals surface area contributed by atoms with Crippen molar-refractivity contribution in [2.75, 3.05) is 20.1 Å². The molecule has 0 radical (unpaired) electrons. The van der Waals surface area contributed by atoms with E-state index in [2.05, 4.69) is 18.9 Å². The number of halogens is 2. The number of rotatable bonds is 0. The van der Waals surface area contributed by atoms with Crippen LogP contribution in [0.2, 0.25) is 0 Å². The van der Waals surface area contributed by atoms with Gasteiger partial charge in [-0.25, -0.2) is 0 Å². The van der Waals surface area contributed by atoms with Crippen LogP contribution in [0.4, 0.5) is 0 Å². The van der Waals surface area contributed by atoms with Crippen molar-refractivity contribution in [1.82, 2.24) is 4.90 Å². The second-order valence-electron chi connectivity index (χ2n) is 3.19. The molecule has 2 unspecified atom stereocenters. The zero-order valence-corrected chi connectivity index (χ0v) is 8.75. The van der Waals surface area contributed by atoms with E-state index in [9.17, 15) is 0 Å². The molecule has 2 N–H and O–H groups in total. The molecule has 0 amide bonds. The quantitative estimate of drug-likeness (QED) is 0.636. The summed E-state index contributed by atoms with van der Waals surface area (Å²) in [6.07, 6.45) is 1.16. The van der Waals surface area contributed by atoms with Gasteiger partial charge in [0, 0.05) is 12.6 Å². The van der Waals surface area contributed by atoms with Crippen LogP contribution < -0.4 is 5.73 Å². The third kappa shape index (κ3) is 4.16. The molecule has 2 atom stereocenters. The molecule has 2 nitrogen and oxygen atoms in total. The second kappa shape index (κ2) is 6.06. The number of piperidine rings is 1. The van der Waals surface area contributed by atoms with Crippen molar-refractivity contribution in [3.63, 3.8) is 0 Å². The second-order valence-corrected chi connectivity index (χ2v) is 3.19. The van der Waals surface area contributed by atoms with E-state index in [1.165, 1.54) is 13.1 Å². The van der Waals surface area contributed by atoms with Crippen LogP contribution in [0.15, 0.2) is 0 Å². The molecule has 1 saturated heterocycles. The van der Waals surface area contributed by atoms with Crippen molar-refractivity contribution in [3.05, 3.63) is 0 Å². The molecule has 0 aromatic heterocycles. The van der Waals surface area contributed by atoms with E-state index >= 15 is 0 Å². The fourth-order valence-electron chi connectivity index (χ4n) is 1.37. The molecule has 1 aliphatic heterocycles. The highest BCUT2D eigenvalue weighted by atomic mass is 35.5. The van der Waals surface area contributed by atoms with Gasteiger partial charge in [-0.05, 0) is 25.9 Å². The molecule has 0 bridgehead atoms. The highest BCUT2D eigenvalue weighted by molar-refractivity contribution is 5.85. The lowest BCUT2D eigenvalue weighted by Gasteiger charge is -2.32. The molecular weight excluding hydrogens is 183 g/mol. The van der Waals surface area contributed by atoms with Crippen molar-refractivity contribution < 1.29 is 0 Å². The van der Waals surface area contributed by atoms with Gasteiger partial charge in [0.15, 0.2) is 0 Å².